The molecule has 0 heterocycles. The van der Waals surface area contributed by atoms with Crippen LogP contribution in [0.25, 0.3) is 0 Å². The normalized spacial score (nSPS) is 10.4. The van der Waals surface area contributed by atoms with Gasteiger partial charge in [-0.2, -0.15) is 0 Å². The van der Waals surface area contributed by atoms with Gasteiger partial charge in [-0.15, -0.1) is 0 Å². The zero-order chi connectivity index (χ0) is 14.7. The average Bonchev–Trinajstić information content (AvgIpc) is 2.40. The van der Waals surface area contributed by atoms with Gasteiger partial charge in [-0.25, -0.2) is 0 Å². The highest BCUT2D eigenvalue weighted by Gasteiger charge is 2.04. The minimum absolute atomic E-state index is 0.243. The fraction of sp³-hybridized carbons (Fsp3) is 0.200. The maximum atomic E-state index is 9.46. The minimum atomic E-state index is 0.243. The van der Waals surface area contributed by atoms with Gasteiger partial charge in [0.1, 0.15) is 5.75 Å². The van der Waals surface area contributed by atoms with Gasteiger partial charge in [0.15, 0.2) is 0 Å². The summed E-state index contributed by atoms with van der Waals surface area (Å²) in [5.74, 6) is 0.243. The lowest BCUT2D eigenvalue weighted by Gasteiger charge is -2.15. The van der Waals surface area contributed by atoms with E-state index >= 15 is 0 Å². The second-order valence-corrected chi connectivity index (χ2v) is 5.96. The summed E-state index contributed by atoms with van der Waals surface area (Å²) in [6, 6.07) is 11.3. The molecule has 2 aromatic carbocycles. The van der Waals surface area contributed by atoms with Gasteiger partial charge < -0.3 is 15.3 Å². The Kier molecular flexibility index (Phi) is 4.78. The molecule has 0 aliphatic carbocycles. The van der Waals surface area contributed by atoms with Gasteiger partial charge in [-0.05, 0) is 51.8 Å². The number of phenols is 1. The van der Waals surface area contributed by atoms with E-state index < -0.39 is 0 Å². The molecule has 0 spiro atoms. The number of hydrogen-bond acceptors (Lipinski definition) is 3. The minimum Gasteiger partial charge on any atom is -0.507 e. The molecule has 0 bridgehead atoms. The molecule has 0 fully saturated rings. The molecule has 0 aliphatic rings. The zero-order valence-electron chi connectivity index (χ0n) is 11.3. The highest BCUT2D eigenvalue weighted by molar-refractivity contribution is 9.10. The summed E-state index contributed by atoms with van der Waals surface area (Å²) in [5.41, 5.74) is 3.02. The fourth-order valence-corrected chi connectivity index (χ4v) is 2.62. The van der Waals surface area contributed by atoms with Gasteiger partial charge in [0.2, 0.25) is 0 Å². The molecule has 2 aromatic rings. The van der Waals surface area contributed by atoms with Crippen molar-refractivity contribution >= 4 is 38.9 Å². The molecule has 3 nitrogen and oxygen atoms in total. The molecule has 5 heteroatoms. The van der Waals surface area contributed by atoms with Gasteiger partial charge in [0, 0.05) is 26.3 Å². The largest absolute Gasteiger partial charge is 0.507 e. The van der Waals surface area contributed by atoms with Crippen LogP contribution in [0.4, 0.5) is 11.4 Å². The Morgan fingerprint density at radius 3 is 2.55 bits per heavy atom. The van der Waals surface area contributed by atoms with Crippen molar-refractivity contribution in [2.45, 2.75) is 6.54 Å². The second kappa shape index (κ2) is 6.37. The van der Waals surface area contributed by atoms with Crippen LogP contribution < -0.4 is 10.2 Å². The van der Waals surface area contributed by atoms with Crippen molar-refractivity contribution in [1.29, 1.82) is 0 Å². The third kappa shape index (κ3) is 3.58. The fourth-order valence-electron chi connectivity index (χ4n) is 1.84. The van der Waals surface area contributed by atoms with Gasteiger partial charge in [-0.1, -0.05) is 17.7 Å². The first kappa shape index (κ1) is 15.0. The molecule has 0 unspecified atom stereocenters. The maximum Gasteiger partial charge on any atom is 0.129 e. The maximum absolute atomic E-state index is 9.46. The van der Waals surface area contributed by atoms with Gasteiger partial charge >= 0.3 is 0 Å². The quantitative estimate of drug-likeness (QED) is 0.848. The summed E-state index contributed by atoms with van der Waals surface area (Å²) in [6.07, 6.45) is 0. The van der Waals surface area contributed by atoms with Crippen LogP contribution in [0.15, 0.2) is 40.9 Å². The third-order valence-electron chi connectivity index (χ3n) is 2.94. The van der Waals surface area contributed by atoms with Crippen LogP contribution in [0, 0.1) is 0 Å². The topological polar surface area (TPSA) is 35.5 Å². The summed E-state index contributed by atoms with van der Waals surface area (Å²) >= 11 is 9.53. The molecule has 0 aliphatic heterocycles. The monoisotopic (exact) mass is 354 g/mol. The molecule has 106 valence electrons. The number of halogens is 2. The molecular weight excluding hydrogens is 340 g/mol. The third-order valence-corrected chi connectivity index (χ3v) is 3.88. The number of rotatable bonds is 4. The summed E-state index contributed by atoms with van der Waals surface area (Å²) < 4.78 is 0.692. The Hall–Kier alpha value is -1.39. The Bertz CT molecular complexity index is 617. The number of nitrogens with one attached hydrogen (secondary N) is 1. The number of benzene rings is 2. The first-order valence-electron chi connectivity index (χ1n) is 6.15. The Morgan fingerprint density at radius 1 is 1.20 bits per heavy atom. The predicted octanol–water partition coefficient (Wildman–Crippen LogP) is 4.49. The smallest absolute Gasteiger partial charge is 0.129 e. The zero-order valence-corrected chi connectivity index (χ0v) is 13.7. The van der Waals surface area contributed by atoms with E-state index in [9.17, 15) is 5.11 Å². The number of phenolic OH excluding ortho intramolecular Hbond substituents is 1. The molecule has 2 rings (SSSR count). The van der Waals surface area contributed by atoms with Crippen molar-refractivity contribution in [1.82, 2.24) is 0 Å². The van der Waals surface area contributed by atoms with E-state index in [2.05, 4.69) is 21.2 Å². The second-order valence-electron chi connectivity index (χ2n) is 4.70. The van der Waals surface area contributed by atoms with Crippen molar-refractivity contribution in [3.63, 3.8) is 0 Å². The highest BCUT2D eigenvalue weighted by Crippen LogP contribution is 2.28. The SMILES string of the molecule is CN(C)c1ccc(NCc2ccc(O)c(Br)c2)cc1Cl. The molecule has 20 heavy (non-hydrogen) atoms. The lowest BCUT2D eigenvalue weighted by atomic mass is 10.2. The lowest BCUT2D eigenvalue weighted by molar-refractivity contribution is 0.471. The van der Waals surface area contributed by atoms with E-state index in [-0.39, 0.29) is 5.75 Å². The summed E-state index contributed by atoms with van der Waals surface area (Å²) in [4.78, 5) is 1.98. The van der Waals surface area contributed by atoms with Crippen LogP contribution in [0.5, 0.6) is 5.75 Å². The average molecular weight is 356 g/mol. The van der Waals surface area contributed by atoms with E-state index in [1.807, 2.05) is 49.3 Å². The van der Waals surface area contributed by atoms with E-state index in [4.69, 9.17) is 11.6 Å². The molecule has 0 amide bonds. The summed E-state index contributed by atoms with van der Waals surface area (Å²) in [7, 11) is 3.92. The predicted molar refractivity (Wildman–Crippen MR) is 88.9 cm³/mol. The van der Waals surface area contributed by atoms with Crippen LogP contribution in [0.3, 0.4) is 0 Å². The Balaban J connectivity index is 2.07. The van der Waals surface area contributed by atoms with Crippen molar-refractivity contribution in [2.24, 2.45) is 0 Å². The Labute approximate surface area is 132 Å². The van der Waals surface area contributed by atoms with E-state index in [0.717, 1.165) is 16.9 Å². The van der Waals surface area contributed by atoms with Crippen LogP contribution in [-0.4, -0.2) is 19.2 Å². The van der Waals surface area contributed by atoms with Gasteiger partial charge in [-0.3, -0.25) is 0 Å². The number of nitrogens with zero attached hydrogens (tertiary/aromatic N) is 1. The number of anilines is 2. The van der Waals surface area contributed by atoms with Crippen LogP contribution in [-0.2, 0) is 6.54 Å². The highest BCUT2D eigenvalue weighted by atomic mass is 79.9. The molecule has 0 radical (unpaired) electrons. The van der Waals surface area contributed by atoms with E-state index in [0.29, 0.717) is 16.0 Å². The summed E-state index contributed by atoms with van der Waals surface area (Å²) in [6.45, 7) is 0.663. The lowest BCUT2D eigenvalue weighted by Crippen LogP contribution is -2.09. The standard InChI is InChI=1S/C15H16BrClN2O/c1-19(2)14-5-4-11(8-13(14)17)18-9-10-3-6-15(20)12(16)7-10/h3-8,18,20H,9H2,1-2H3. The van der Waals surface area contributed by atoms with Crippen LogP contribution in [0.1, 0.15) is 5.56 Å². The van der Waals surface area contributed by atoms with Crippen LogP contribution >= 0.6 is 27.5 Å². The molecule has 2 N–H and O–H groups in total. The van der Waals surface area contributed by atoms with Crippen molar-refractivity contribution in [2.75, 3.05) is 24.3 Å². The number of aromatic hydroxyl groups is 1. The van der Waals surface area contributed by atoms with Crippen molar-refractivity contribution < 1.29 is 5.11 Å². The molecular formula is C15H16BrClN2O. The van der Waals surface area contributed by atoms with Crippen LogP contribution in [0.2, 0.25) is 5.02 Å². The van der Waals surface area contributed by atoms with E-state index in [1.54, 1.807) is 6.07 Å². The van der Waals surface area contributed by atoms with Crippen molar-refractivity contribution in [3.8, 4) is 5.75 Å². The molecule has 0 aromatic heterocycles. The molecule has 0 saturated heterocycles. The van der Waals surface area contributed by atoms with Crippen molar-refractivity contribution in [3.05, 3.63) is 51.5 Å². The Morgan fingerprint density at radius 2 is 1.95 bits per heavy atom. The first-order chi connectivity index (χ1) is 9.47. The summed E-state index contributed by atoms with van der Waals surface area (Å²) in [5, 5.41) is 13.5. The number of hydrogen-bond donors (Lipinski definition) is 2. The van der Waals surface area contributed by atoms with Gasteiger partial charge in [0.05, 0.1) is 15.2 Å². The molecule has 0 atom stereocenters. The van der Waals surface area contributed by atoms with E-state index in [1.165, 1.54) is 0 Å². The first-order valence-corrected chi connectivity index (χ1v) is 7.32. The van der Waals surface area contributed by atoms with Gasteiger partial charge in [0.25, 0.3) is 0 Å². The molecule has 0 saturated carbocycles.